The van der Waals surface area contributed by atoms with Crippen molar-refractivity contribution in [3.63, 3.8) is 0 Å². The summed E-state index contributed by atoms with van der Waals surface area (Å²) in [6.45, 7) is 3.03. The standard InChI is InChI=1S/C28H34N4O3/c1-29-28(34)22-5-4-19-9-15-32(25(19)17-22)23-10-13-31(14-11-23)12-8-21-16-24-20(18-26(21)35-3)6-7-27(33)30(24)2/h4-5,9,15-18,23H,6-8,10-14H2,1-3H3,(H,29,34). The van der Waals surface area contributed by atoms with Gasteiger partial charge in [0.1, 0.15) is 5.75 Å². The highest BCUT2D eigenvalue weighted by Gasteiger charge is 2.25. The van der Waals surface area contributed by atoms with Gasteiger partial charge in [0.15, 0.2) is 0 Å². The smallest absolute Gasteiger partial charge is 0.251 e. The fraction of sp³-hybridized carbons (Fsp3) is 0.429. The van der Waals surface area contributed by atoms with Gasteiger partial charge < -0.3 is 24.4 Å². The molecule has 3 heterocycles. The molecule has 2 aliphatic rings. The maximum atomic E-state index is 12.2. The number of nitrogens with zero attached hydrogens (tertiary/aromatic N) is 3. The summed E-state index contributed by atoms with van der Waals surface area (Å²) in [4.78, 5) is 28.6. The second kappa shape index (κ2) is 9.74. The van der Waals surface area contributed by atoms with E-state index in [1.54, 1.807) is 19.1 Å². The van der Waals surface area contributed by atoms with Gasteiger partial charge in [0.2, 0.25) is 5.91 Å². The molecule has 0 unspecified atom stereocenters. The summed E-state index contributed by atoms with van der Waals surface area (Å²) in [5, 5.41) is 3.89. The highest BCUT2D eigenvalue weighted by atomic mass is 16.5. The van der Waals surface area contributed by atoms with Crippen molar-refractivity contribution in [2.24, 2.45) is 0 Å². The van der Waals surface area contributed by atoms with Gasteiger partial charge in [-0.3, -0.25) is 9.59 Å². The molecule has 0 saturated carbocycles. The van der Waals surface area contributed by atoms with E-state index in [9.17, 15) is 9.59 Å². The van der Waals surface area contributed by atoms with E-state index in [1.165, 1.54) is 10.9 Å². The van der Waals surface area contributed by atoms with Gasteiger partial charge in [-0.1, -0.05) is 6.07 Å². The van der Waals surface area contributed by atoms with E-state index in [0.717, 1.165) is 67.8 Å². The molecule has 5 rings (SSSR count). The van der Waals surface area contributed by atoms with Crippen LogP contribution < -0.4 is 15.0 Å². The van der Waals surface area contributed by atoms with Crippen molar-refractivity contribution in [2.45, 2.75) is 38.1 Å². The van der Waals surface area contributed by atoms with Crippen LogP contribution in [-0.2, 0) is 17.6 Å². The summed E-state index contributed by atoms with van der Waals surface area (Å²) < 4.78 is 8.05. The fourth-order valence-corrected chi connectivity index (χ4v) is 5.55. The van der Waals surface area contributed by atoms with Gasteiger partial charge in [-0.25, -0.2) is 0 Å². The van der Waals surface area contributed by atoms with Crippen LogP contribution in [0.25, 0.3) is 10.9 Å². The van der Waals surface area contributed by atoms with E-state index in [0.29, 0.717) is 18.0 Å². The number of likely N-dealkylation sites (tertiary alicyclic amines) is 1. The van der Waals surface area contributed by atoms with Crippen molar-refractivity contribution in [3.8, 4) is 5.75 Å². The quantitative estimate of drug-likeness (QED) is 0.590. The van der Waals surface area contributed by atoms with Gasteiger partial charge in [0, 0.05) is 69.2 Å². The van der Waals surface area contributed by atoms with Crippen LogP contribution in [0.3, 0.4) is 0 Å². The number of aromatic nitrogens is 1. The van der Waals surface area contributed by atoms with Crippen LogP contribution >= 0.6 is 0 Å². The Morgan fingerprint density at radius 1 is 1.11 bits per heavy atom. The zero-order valence-electron chi connectivity index (χ0n) is 20.8. The predicted octanol–water partition coefficient (Wildman–Crippen LogP) is 3.80. The van der Waals surface area contributed by atoms with E-state index < -0.39 is 0 Å². The molecule has 1 fully saturated rings. The van der Waals surface area contributed by atoms with Crippen molar-refractivity contribution in [1.29, 1.82) is 0 Å². The maximum absolute atomic E-state index is 12.2. The molecule has 1 saturated heterocycles. The summed E-state index contributed by atoms with van der Waals surface area (Å²) in [7, 11) is 5.26. The minimum atomic E-state index is -0.0531. The van der Waals surface area contributed by atoms with Crippen LogP contribution in [0.15, 0.2) is 42.6 Å². The Bertz CT molecular complexity index is 1260. The molecular formula is C28H34N4O3. The van der Waals surface area contributed by atoms with Gasteiger partial charge >= 0.3 is 0 Å². The summed E-state index contributed by atoms with van der Waals surface area (Å²) in [5.41, 5.74) is 5.19. The molecule has 0 aliphatic carbocycles. The third kappa shape index (κ3) is 4.52. The first-order valence-electron chi connectivity index (χ1n) is 12.5. The largest absolute Gasteiger partial charge is 0.496 e. The molecule has 3 aromatic rings. The molecule has 0 spiro atoms. The third-order valence-electron chi connectivity index (χ3n) is 7.69. The first-order valence-corrected chi connectivity index (χ1v) is 12.5. The maximum Gasteiger partial charge on any atom is 0.251 e. The molecule has 2 aromatic carbocycles. The predicted molar refractivity (Wildman–Crippen MR) is 138 cm³/mol. The van der Waals surface area contributed by atoms with Crippen LogP contribution in [0.2, 0.25) is 0 Å². The normalized spacial score (nSPS) is 17.0. The number of rotatable bonds is 6. The number of methoxy groups -OCH3 is 1. The molecule has 184 valence electrons. The molecule has 0 atom stereocenters. The van der Waals surface area contributed by atoms with E-state index >= 15 is 0 Å². The van der Waals surface area contributed by atoms with E-state index in [4.69, 9.17) is 4.74 Å². The van der Waals surface area contributed by atoms with Gasteiger partial charge in [0.25, 0.3) is 5.91 Å². The van der Waals surface area contributed by atoms with E-state index in [-0.39, 0.29) is 11.8 Å². The minimum Gasteiger partial charge on any atom is -0.496 e. The number of hydrogen-bond acceptors (Lipinski definition) is 4. The number of ether oxygens (including phenoxy) is 1. The number of amides is 2. The molecule has 7 heteroatoms. The monoisotopic (exact) mass is 474 g/mol. The van der Waals surface area contributed by atoms with Crippen molar-refractivity contribution in [3.05, 3.63) is 59.3 Å². The minimum absolute atomic E-state index is 0.0531. The van der Waals surface area contributed by atoms with Crippen molar-refractivity contribution < 1.29 is 14.3 Å². The Labute approximate surface area is 206 Å². The van der Waals surface area contributed by atoms with Crippen molar-refractivity contribution in [1.82, 2.24) is 14.8 Å². The molecule has 2 amide bonds. The summed E-state index contributed by atoms with van der Waals surface area (Å²) in [6.07, 6.45) is 6.55. The van der Waals surface area contributed by atoms with Crippen LogP contribution in [0.1, 0.15) is 46.8 Å². The lowest BCUT2D eigenvalue weighted by molar-refractivity contribution is -0.118. The number of aryl methyl sites for hydroxylation is 1. The third-order valence-corrected chi connectivity index (χ3v) is 7.69. The van der Waals surface area contributed by atoms with E-state index in [2.05, 4.69) is 39.2 Å². The van der Waals surface area contributed by atoms with Crippen molar-refractivity contribution >= 4 is 28.4 Å². The molecule has 1 aromatic heterocycles. The van der Waals surface area contributed by atoms with Crippen LogP contribution in [-0.4, -0.2) is 62.1 Å². The molecular weight excluding hydrogens is 440 g/mol. The Balaban J connectivity index is 1.24. The number of piperidine rings is 1. The topological polar surface area (TPSA) is 66.8 Å². The van der Waals surface area contributed by atoms with Crippen molar-refractivity contribution in [2.75, 3.05) is 45.7 Å². The average Bonchev–Trinajstić information content (AvgIpc) is 3.32. The Hall–Kier alpha value is -3.32. The first-order chi connectivity index (χ1) is 17.0. The number of hydrogen-bond donors (Lipinski definition) is 1. The Morgan fingerprint density at radius 2 is 1.91 bits per heavy atom. The lowest BCUT2D eigenvalue weighted by Gasteiger charge is -2.33. The second-order valence-corrected chi connectivity index (χ2v) is 9.64. The molecule has 7 nitrogen and oxygen atoms in total. The lowest BCUT2D eigenvalue weighted by atomic mass is 9.97. The lowest BCUT2D eigenvalue weighted by Crippen LogP contribution is -2.36. The van der Waals surface area contributed by atoms with Crippen LogP contribution in [0, 0.1) is 0 Å². The highest BCUT2D eigenvalue weighted by molar-refractivity contribution is 5.98. The van der Waals surface area contributed by atoms with Gasteiger partial charge in [0.05, 0.1) is 7.11 Å². The molecule has 0 bridgehead atoms. The number of fused-ring (bicyclic) bond motifs is 2. The Kier molecular flexibility index (Phi) is 6.52. The number of benzene rings is 2. The zero-order chi connectivity index (χ0) is 24.5. The van der Waals surface area contributed by atoms with Crippen LogP contribution in [0.5, 0.6) is 5.75 Å². The number of nitrogens with one attached hydrogen (secondary N) is 1. The molecule has 2 aliphatic heterocycles. The van der Waals surface area contributed by atoms with Gasteiger partial charge in [-0.15, -0.1) is 0 Å². The molecule has 35 heavy (non-hydrogen) atoms. The number of anilines is 1. The second-order valence-electron chi connectivity index (χ2n) is 9.64. The SMILES string of the molecule is CNC(=O)c1ccc2ccn(C3CCN(CCc4cc5c(cc4OC)CCC(=O)N5C)CC3)c2c1. The molecule has 0 radical (unpaired) electrons. The highest BCUT2D eigenvalue weighted by Crippen LogP contribution is 2.34. The van der Waals surface area contributed by atoms with E-state index in [1.807, 2.05) is 25.2 Å². The average molecular weight is 475 g/mol. The molecule has 1 N–H and O–H groups in total. The first kappa shape index (κ1) is 23.4. The summed E-state index contributed by atoms with van der Waals surface area (Å²) in [5.74, 6) is 1.05. The zero-order valence-corrected chi connectivity index (χ0v) is 20.8. The van der Waals surface area contributed by atoms with Gasteiger partial charge in [-0.2, -0.15) is 0 Å². The number of carbonyl (C=O) groups is 2. The fourth-order valence-electron chi connectivity index (χ4n) is 5.55. The number of carbonyl (C=O) groups excluding carboxylic acids is 2. The van der Waals surface area contributed by atoms with Crippen LogP contribution in [0.4, 0.5) is 5.69 Å². The van der Waals surface area contributed by atoms with Gasteiger partial charge in [-0.05, 0) is 72.5 Å². The Morgan fingerprint density at radius 3 is 2.66 bits per heavy atom. The summed E-state index contributed by atoms with van der Waals surface area (Å²) >= 11 is 0. The summed E-state index contributed by atoms with van der Waals surface area (Å²) in [6, 6.07) is 12.8.